The van der Waals surface area contributed by atoms with Crippen LogP contribution in [0.3, 0.4) is 0 Å². The van der Waals surface area contributed by atoms with Crippen LogP contribution in [0.25, 0.3) is 10.9 Å². The summed E-state index contributed by atoms with van der Waals surface area (Å²) in [5.41, 5.74) is 2.05. The molecule has 3 nitrogen and oxygen atoms in total. The van der Waals surface area contributed by atoms with E-state index in [1.54, 1.807) is 0 Å². The zero-order chi connectivity index (χ0) is 15.3. The summed E-state index contributed by atoms with van der Waals surface area (Å²) < 4.78 is 35.8. The molecule has 0 atom stereocenters. The molecule has 6 heteroatoms. The van der Waals surface area contributed by atoms with Gasteiger partial charge in [-0.25, -0.2) is 0 Å². The maximum Gasteiger partial charge on any atom is 0.389 e. The van der Waals surface area contributed by atoms with Crippen LogP contribution in [-0.2, 0) is 11.2 Å². The average Bonchev–Trinajstić information content (AvgIpc) is 2.84. The lowest BCUT2D eigenvalue weighted by atomic mass is 10.1. The standard InChI is InChI=1S/C15H17F3N2O/c16-15(17,18)8-3-9-19-14(21)7-6-11-10-20-13-5-2-1-4-12(11)13/h1-2,4-5,10,20H,3,6-9H2,(H,19,21). The van der Waals surface area contributed by atoms with E-state index in [9.17, 15) is 18.0 Å². The number of rotatable bonds is 6. The van der Waals surface area contributed by atoms with Gasteiger partial charge in [0.1, 0.15) is 0 Å². The van der Waals surface area contributed by atoms with Crippen LogP contribution in [-0.4, -0.2) is 23.6 Å². The van der Waals surface area contributed by atoms with Crippen LogP contribution >= 0.6 is 0 Å². The number of carbonyl (C=O) groups excluding carboxylic acids is 1. The Morgan fingerprint density at radius 2 is 2.00 bits per heavy atom. The Bertz CT molecular complexity index is 604. The van der Waals surface area contributed by atoms with E-state index in [0.29, 0.717) is 6.42 Å². The molecule has 0 radical (unpaired) electrons. The van der Waals surface area contributed by atoms with Gasteiger partial charge in [-0.3, -0.25) is 4.79 Å². The summed E-state index contributed by atoms with van der Waals surface area (Å²) >= 11 is 0. The second-order valence-electron chi connectivity index (χ2n) is 4.93. The molecule has 21 heavy (non-hydrogen) atoms. The summed E-state index contributed by atoms with van der Waals surface area (Å²) in [5.74, 6) is -0.220. The number of fused-ring (bicyclic) bond motifs is 1. The molecule has 114 valence electrons. The Morgan fingerprint density at radius 3 is 2.76 bits per heavy atom. The van der Waals surface area contributed by atoms with Crippen molar-refractivity contribution in [3.8, 4) is 0 Å². The molecule has 2 aromatic rings. The van der Waals surface area contributed by atoms with E-state index in [0.717, 1.165) is 16.5 Å². The fourth-order valence-electron chi connectivity index (χ4n) is 2.19. The number of alkyl halides is 3. The second kappa shape index (κ2) is 6.65. The average molecular weight is 298 g/mol. The molecule has 0 aliphatic carbocycles. The first kappa shape index (κ1) is 15.4. The minimum absolute atomic E-state index is 0.0617. The number of nitrogens with one attached hydrogen (secondary N) is 2. The highest BCUT2D eigenvalue weighted by atomic mass is 19.4. The Balaban J connectivity index is 1.74. The van der Waals surface area contributed by atoms with Gasteiger partial charge in [0.15, 0.2) is 0 Å². The number of para-hydroxylation sites is 1. The first-order valence-corrected chi connectivity index (χ1v) is 6.84. The summed E-state index contributed by atoms with van der Waals surface area (Å²) in [6, 6.07) is 7.78. The Hall–Kier alpha value is -1.98. The van der Waals surface area contributed by atoms with E-state index in [-0.39, 0.29) is 25.3 Å². The number of aryl methyl sites for hydroxylation is 1. The van der Waals surface area contributed by atoms with Gasteiger partial charge in [-0.05, 0) is 24.5 Å². The quantitative estimate of drug-likeness (QED) is 0.787. The summed E-state index contributed by atoms with van der Waals surface area (Å²) in [6.45, 7) is 0.0617. The van der Waals surface area contributed by atoms with Crippen LogP contribution in [0.1, 0.15) is 24.8 Å². The van der Waals surface area contributed by atoms with Gasteiger partial charge in [-0.15, -0.1) is 0 Å². The highest BCUT2D eigenvalue weighted by Gasteiger charge is 2.25. The van der Waals surface area contributed by atoms with Crippen molar-refractivity contribution in [2.45, 2.75) is 31.9 Å². The van der Waals surface area contributed by atoms with E-state index in [1.807, 2.05) is 30.5 Å². The number of H-pyrrole nitrogens is 1. The zero-order valence-corrected chi connectivity index (χ0v) is 11.5. The van der Waals surface area contributed by atoms with E-state index < -0.39 is 12.6 Å². The minimum Gasteiger partial charge on any atom is -0.361 e. The predicted molar refractivity (Wildman–Crippen MR) is 74.9 cm³/mol. The van der Waals surface area contributed by atoms with Crippen molar-refractivity contribution < 1.29 is 18.0 Å². The van der Waals surface area contributed by atoms with Gasteiger partial charge in [-0.1, -0.05) is 18.2 Å². The number of halogens is 3. The molecule has 1 amide bonds. The third-order valence-corrected chi connectivity index (χ3v) is 3.26. The van der Waals surface area contributed by atoms with Crippen molar-refractivity contribution in [3.05, 3.63) is 36.0 Å². The molecular weight excluding hydrogens is 281 g/mol. The molecule has 0 saturated heterocycles. The van der Waals surface area contributed by atoms with E-state index in [1.165, 1.54) is 0 Å². The highest BCUT2D eigenvalue weighted by Crippen LogP contribution is 2.21. The molecule has 0 fully saturated rings. The second-order valence-corrected chi connectivity index (χ2v) is 4.93. The number of hydrogen-bond acceptors (Lipinski definition) is 1. The zero-order valence-electron chi connectivity index (χ0n) is 11.5. The van der Waals surface area contributed by atoms with Gasteiger partial charge < -0.3 is 10.3 Å². The first-order chi connectivity index (χ1) is 9.96. The minimum atomic E-state index is -4.16. The summed E-state index contributed by atoms with van der Waals surface area (Å²) in [5, 5.41) is 3.59. The summed E-state index contributed by atoms with van der Waals surface area (Å²) in [6.07, 6.45) is -2.41. The summed E-state index contributed by atoms with van der Waals surface area (Å²) in [7, 11) is 0. The van der Waals surface area contributed by atoms with Crippen LogP contribution in [0.4, 0.5) is 13.2 Å². The Morgan fingerprint density at radius 1 is 1.24 bits per heavy atom. The smallest absolute Gasteiger partial charge is 0.361 e. The molecule has 0 saturated carbocycles. The molecule has 1 heterocycles. The number of carbonyl (C=O) groups is 1. The third-order valence-electron chi connectivity index (χ3n) is 3.26. The monoisotopic (exact) mass is 298 g/mol. The van der Waals surface area contributed by atoms with Crippen molar-refractivity contribution in [1.82, 2.24) is 10.3 Å². The predicted octanol–water partition coefficient (Wildman–Crippen LogP) is 3.56. The van der Waals surface area contributed by atoms with Crippen molar-refractivity contribution in [1.29, 1.82) is 0 Å². The lowest BCUT2D eigenvalue weighted by Crippen LogP contribution is -2.25. The Kier molecular flexibility index (Phi) is 4.88. The van der Waals surface area contributed by atoms with Gasteiger partial charge >= 0.3 is 6.18 Å². The van der Waals surface area contributed by atoms with E-state index in [2.05, 4.69) is 10.3 Å². The van der Waals surface area contributed by atoms with Crippen LogP contribution in [0.15, 0.2) is 30.5 Å². The van der Waals surface area contributed by atoms with Crippen molar-refractivity contribution >= 4 is 16.8 Å². The maximum atomic E-state index is 11.9. The van der Waals surface area contributed by atoms with Crippen LogP contribution in [0.5, 0.6) is 0 Å². The largest absolute Gasteiger partial charge is 0.389 e. The lowest BCUT2D eigenvalue weighted by molar-refractivity contribution is -0.136. The molecule has 0 bridgehead atoms. The first-order valence-electron chi connectivity index (χ1n) is 6.84. The molecule has 0 unspecified atom stereocenters. The normalized spacial score (nSPS) is 11.8. The molecule has 0 aliphatic rings. The van der Waals surface area contributed by atoms with Crippen LogP contribution in [0, 0.1) is 0 Å². The van der Waals surface area contributed by atoms with Gasteiger partial charge in [0.2, 0.25) is 5.91 Å². The summed E-state index contributed by atoms with van der Waals surface area (Å²) in [4.78, 5) is 14.7. The number of hydrogen-bond donors (Lipinski definition) is 2. The third kappa shape index (κ3) is 4.81. The van der Waals surface area contributed by atoms with Gasteiger partial charge in [0.25, 0.3) is 0 Å². The number of amides is 1. The van der Waals surface area contributed by atoms with Gasteiger partial charge in [0, 0.05) is 36.5 Å². The van der Waals surface area contributed by atoms with Crippen molar-refractivity contribution in [3.63, 3.8) is 0 Å². The molecule has 1 aromatic carbocycles. The fourth-order valence-corrected chi connectivity index (χ4v) is 2.19. The van der Waals surface area contributed by atoms with Crippen LogP contribution < -0.4 is 5.32 Å². The lowest BCUT2D eigenvalue weighted by Gasteiger charge is -2.07. The SMILES string of the molecule is O=C(CCc1c[nH]c2ccccc12)NCCCC(F)(F)F. The van der Waals surface area contributed by atoms with E-state index >= 15 is 0 Å². The molecule has 1 aromatic heterocycles. The van der Waals surface area contributed by atoms with Crippen LogP contribution in [0.2, 0.25) is 0 Å². The van der Waals surface area contributed by atoms with E-state index in [4.69, 9.17) is 0 Å². The van der Waals surface area contributed by atoms with Crippen molar-refractivity contribution in [2.75, 3.05) is 6.54 Å². The molecular formula is C15H17F3N2O. The molecule has 0 spiro atoms. The molecule has 2 rings (SSSR count). The van der Waals surface area contributed by atoms with Gasteiger partial charge in [0.05, 0.1) is 0 Å². The number of benzene rings is 1. The van der Waals surface area contributed by atoms with Crippen molar-refractivity contribution in [2.24, 2.45) is 0 Å². The highest BCUT2D eigenvalue weighted by molar-refractivity contribution is 5.84. The van der Waals surface area contributed by atoms with Gasteiger partial charge in [-0.2, -0.15) is 13.2 Å². The molecule has 0 aliphatic heterocycles. The molecule has 2 N–H and O–H groups in total. The maximum absolute atomic E-state index is 11.9. The fraction of sp³-hybridized carbons (Fsp3) is 0.400. The Labute approximate surface area is 120 Å². The number of aromatic nitrogens is 1. The number of aromatic amines is 1. The topological polar surface area (TPSA) is 44.9 Å².